The molecule has 0 heterocycles. The molecule has 0 fully saturated rings. The van der Waals surface area contributed by atoms with Gasteiger partial charge in [0.1, 0.15) is 11.4 Å². The number of nitrogens with one attached hydrogen (secondary N) is 2. The molecule has 4 aromatic carbocycles. The third-order valence-corrected chi connectivity index (χ3v) is 6.24. The molecule has 0 amide bonds. The number of anilines is 3. The molecule has 11 heteroatoms. The smallest absolute Gasteiger partial charge is 0.371 e. The molecule has 4 aromatic rings. The number of alkyl halides is 6. The molecule has 0 aliphatic heterocycles. The summed E-state index contributed by atoms with van der Waals surface area (Å²) in [5.74, 6) is 0. The predicted molar refractivity (Wildman–Crippen MR) is 137 cm³/mol. The van der Waals surface area contributed by atoms with E-state index in [9.17, 15) is 35.9 Å². The lowest BCUT2D eigenvalue weighted by atomic mass is 9.91. The lowest BCUT2D eigenvalue weighted by Crippen LogP contribution is -2.40. The number of hydrogen-bond acceptors (Lipinski definition) is 5. The van der Waals surface area contributed by atoms with Gasteiger partial charge in [0, 0.05) is 5.69 Å². The van der Waals surface area contributed by atoms with E-state index < -0.39 is 51.8 Å². The first-order chi connectivity index (χ1) is 18.3. The van der Waals surface area contributed by atoms with Gasteiger partial charge in [0.15, 0.2) is 0 Å². The molecule has 0 unspecified atom stereocenters. The van der Waals surface area contributed by atoms with Crippen LogP contribution in [0.4, 0.5) is 43.4 Å². The summed E-state index contributed by atoms with van der Waals surface area (Å²) in [5.41, 5.74) is -4.78. The lowest BCUT2D eigenvalue weighted by molar-refractivity contribution is -0.143. The van der Waals surface area contributed by atoms with Crippen LogP contribution in [-0.4, -0.2) is 19.0 Å². The quantitative estimate of drug-likeness (QED) is 0.194. The molecule has 0 saturated carbocycles. The standard InChI is InChI=1S/C28H23F6N3O2/c1-37(2)24(17-11-7-4-8-12-17)21(16-9-5-3-6-10-16)36-23-22(25(38)26(23)39)35-20-14-18(27(29,30)31)13-19(15-20)28(32,33)34/h3-15,21,24,35-36H,1-2H3/t21-,24-/m1/s1. The van der Waals surface area contributed by atoms with Crippen LogP contribution in [0.2, 0.25) is 0 Å². The zero-order chi connectivity index (χ0) is 28.5. The van der Waals surface area contributed by atoms with Gasteiger partial charge in [-0.1, -0.05) is 60.7 Å². The van der Waals surface area contributed by atoms with E-state index in [0.717, 1.165) is 11.1 Å². The number of rotatable bonds is 8. The SMILES string of the molecule is CN(C)[C@H](c1ccccc1)[C@H](Nc1c(Nc2cc(C(F)(F)F)cc(C(F)(F)F)c2)c(=O)c1=O)c1ccccc1. The largest absolute Gasteiger partial charge is 0.416 e. The van der Waals surface area contributed by atoms with E-state index in [1.165, 1.54) is 0 Å². The first-order valence-electron chi connectivity index (χ1n) is 11.7. The summed E-state index contributed by atoms with van der Waals surface area (Å²) in [5, 5.41) is 5.38. The number of hydrogen-bond donors (Lipinski definition) is 2. The van der Waals surface area contributed by atoms with Gasteiger partial charge in [-0.25, -0.2) is 0 Å². The van der Waals surface area contributed by atoms with Crippen molar-refractivity contribution in [2.45, 2.75) is 24.4 Å². The Morgan fingerprint density at radius 1 is 0.667 bits per heavy atom. The van der Waals surface area contributed by atoms with Crippen molar-refractivity contribution < 1.29 is 26.3 Å². The molecule has 2 N–H and O–H groups in total. The van der Waals surface area contributed by atoms with Crippen LogP contribution >= 0.6 is 0 Å². The molecule has 39 heavy (non-hydrogen) atoms. The highest BCUT2D eigenvalue weighted by Gasteiger charge is 2.37. The number of likely N-dealkylation sites (N-methyl/N-ethyl adjacent to an activating group) is 1. The minimum absolute atomic E-state index is 0.0144. The van der Waals surface area contributed by atoms with Crippen LogP contribution in [0, 0.1) is 0 Å². The Labute approximate surface area is 219 Å². The summed E-state index contributed by atoms with van der Waals surface area (Å²) in [6.45, 7) is 0. The summed E-state index contributed by atoms with van der Waals surface area (Å²) in [6, 6.07) is 18.1. The number of halogens is 6. The van der Waals surface area contributed by atoms with Crippen molar-refractivity contribution in [2.75, 3.05) is 24.7 Å². The molecular formula is C28H23F6N3O2. The van der Waals surface area contributed by atoms with E-state index in [-0.39, 0.29) is 17.8 Å². The minimum atomic E-state index is -5.07. The van der Waals surface area contributed by atoms with E-state index >= 15 is 0 Å². The molecule has 0 spiro atoms. The van der Waals surface area contributed by atoms with Crippen molar-refractivity contribution in [1.82, 2.24) is 4.90 Å². The molecule has 204 valence electrons. The molecular weight excluding hydrogens is 524 g/mol. The van der Waals surface area contributed by atoms with E-state index in [2.05, 4.69) is 10.6 Å². The topological polar surface area (TPSA) is 61.4 Å². The van der Waals surface area contributed by atoms with Gasteiger partial charge in [-0.05, 0) is 43.4 Å². The maximum absolute atomic E-state index is 13.3. The van der Waals surface area contributed by atoms with Crippen LogP contribution < -0.4 is 21.5 Å². The fourth-order valence-corrected chi connectivity index (χ4v) is 4.42. The van der Waals surface area contributed by atoms with Crippen LogP contribution in [0.3, 0.4) is 0 Å². The van der Waals surface area contributed by atoms with E-state index in [0.29, 0.717) is 12.1 Å². The van der Waals surface area contributed by atoms with Crippen LogP contribution in [0.1, 0.15) is 34.3 Å². The van der Waals surface area contributed by atoms with Gasteiger partial charge < -0.3 is 15.5 Å². The van der Waals surface area contributed by atoms with Crippen molar-refractivity contribution in [1.29, 1.82) is 0 Å². The summed E-state index contributed by atoms with van der Waals surface area (Å²) < 4.78 is 80.0. The Bertz CT molecular complexity index is 1480. The van der Waals surface area contributed by atoms with Gasteiger partial charge >= 0.3 is 12.4 Å². The molecule has 0 aliphatic rings. The number of nitrogens with zero attached hydrogens (tertiary/aromatic N) is 1. The van der Waals surface area contributed by atoms with Gasteiger partial charge in [0.25, 0.3) is 10.9 Å². The highest BCUT2D eigenvalue weighted by Crippen LogP contribution is 2.40. The van der Waals surface area contributed by atoms with E-state index in [1.807, 2.05) is 49.3 Å². The Morgan fingerprint density at radius 3 is 1.59 bits per heavy atom. The lowest BCUT2D eigenvalue weighted by Gasteiger charge is -2.35. The molecule has 0 aliphatic carbocycles. The average molecular weight is 547 g/mol. The monoisotopic (exact) mass is 547 g/mol. The predicted octanol–water partition coefficient (Wildman–Crippen LogP) is 6.52. The molecule has 5 nitrogen and oxygen atoms in total. The van der Waals surface area contributed by atoms with E-state index in [4.69, 9.17) is 0 Å². The summed E-state index contributed by atoms with van der Waals surface area (Å²) in [7, 11) is 3.63. The third-order valence-electron chi connectivity index (χ3n) is 6.24. The Balaban J connectivity index is 1.77. The molecule has 4 rings (SSSR count). The molecule has 0 radical (unpaired) electrons. The zero-order valence-corrected chi connectivity index (χ0v) is 20.7. The van der Waals surface area contributed by atoms with Gasteiger partial charge in [-0.3, -0.25) is 9.59 Å². The van der Waals surface area contributed by atoms with Gasteiger partial charge in [0.2, 0.25) is 0 Å². The fourth-order valence-electron chi connectivity index (χ4n) is 4.42. The summed E-state index contributed by atoms with van der Waals surface area (Å²) in [4.78, 5) is 27.0. The third kappa shape index (κ3) is 5.98. The molecule has 0 aromatic heterocycles. The van der Waals surface area contributed by atoms with Gasteiger partial charge in [-0.15, -0.1) is 0 Å². The van der Waals surface area contributed by atoms with Crippen molar-refractivity contribution in [2.24, 2.45) is 0 Å². The van der Waals surface area contributed by atoms with Crippen molar-refractivity contribution >= 4 is 17.1 Å². The normalized spacial score (nSPS) is 13.9. The van der Waals surface area contributed by atoms with Crippen LogP contribution in [0.25, 0.3) is 0 Å². The fraction of sp³-hybridized carbons (Fsp3) is 0.214. The molecule has 2 atom stereocenters. The second-order valence-electron chi connectivity index (χ2n) is 9.18. The van der Waals surface area contributed by atoms with Crippen LogP contribution in [0.5, 0.6) is 0 Å². The zero-order valence-electron chi connectivity index (χ0n) is 20.7. The second kappa shape index (κ2) is 10.6. The Hall–Kier alpha value is -4.12. The first kappa shape index (κ1) is 27.9. The Kier molecular flexibility index (Phi) is 7.56. The van der Waals surface area contributed by atoms with Gasteiger partial charge in [0.05, 0.1) is 23.2 Å². The maximum atomic E-state index is 13.3. The first-order valence-corrected chi connectivity index (χ1v) is 11.7. The summed E-state index contributed by atoms with van der Waals surface area (Å²) >= 11 is 0. The summed E-state index contributed by atoms with van der Waals surface area (Å²) in [6.07, 6.45) is -10.1. The molecule has 0 saturated heterocycles. The van der Waals surface area contributed by atoms with Crippen molar-refractivity contribution in [3.05, 3.63) is 122 Å². The highest BCUT2D eigenvalue weighted by molar-refractivity contribution is 5.79. The Morgan fingerprint density at radius 2 is 1.13 bits per heavy atom. The van der Waals surface area contributed by atoms with Crippen LogP contribution in [0.15, 0.2) is 88.5 Å². The maximum Gasteiger partial charge on any atom is 0.416 e. The minimum Gasteiger partial charge on any atom is -0.371 e. The van der Waals surface area contributed by atoms with E-state index in [1.54, 1.807) is 30.3 Å². The second-order valence-corrected chi connectivity index (χ2v) is 9.18. The number of benzene rings is 3. The average Bonchev–Trinajstić information content (AvgIpc) is 2.89. The molecule has 0 bridgehead atoms. The highest BCUT2D eigenvalue weighted by atomic mass is 19.4. The van der Waals surface area contributed by atoms with Crippen LogP contribution in [-0.2, 0) is 12.4 Å². The van der Waals surface area contributed by atoms with Crippen molar-refractivity contribution in [3.63, 3.8) is 0 Å². The van der Waals surface area contributed by atoms with Gasteiger partial charge in [-0.2, -0.15) is 26.3 Å². The van der Waals surface area contributed by atoms with Crippen molar-refractivity contribution in [3.8, 4) is 0 Å².